The molecule has 1 atom stereocenters. The Morgan fingerprint density at radius 2 is 2.10 bits per heavy atom. The van der Waals surface area contributed by atoms with Crippen LogP contribution in [0, 0.1) is 0 Å². The van der Waals surface area contributed by atoms with Crippen LogP contribution in [0.5, 0.6) is 0 Å². The summed E-state index contributed by atoms with van der Waals surface area (Å²) in [6.07, 6.45) is 4.17. The van der Waals surface area contributed by atoms with Gasteiger partial charge in [-0.3, -0.25) is 0 Å². The molecule has 2 rings (SSSR count). The van der Waals surface area contributed by atoms with Crippen LogP contribution in [0.2, 0.25) is 5.02 Å². The molecule has 1 aromatic rings. The standard InChI is InChI=1S/C15H19ClN2O3/c1-10-5-3-2-4-8-18(10)15(21)17-13-9-11(16)6-7-12(13)14(19)20/h6-7,9-10H,2-5,8H2,1H3,(H,17,21)(H,19,20). The molecule has 1 fully saturated rings. The van der Waals surface area contributed by atoms with Crippen LogP contribution in [0.25, 0.3) is 0 Å². The van der Waals surface area contributed by atoms with Crippen molar-refractivity contribution in [2.45, 2.75) is 38.6 Å². The average molecular weight is 311 g/mol. The second kappa shape index (κ2) is 6.80. The number of carboxylic acid groups (broad SMARTS) is 1. The number of carboxylic acids is 1. The predicted octanol–water partition coefficient (Wildman–Crippen LogP) is 3.83. The van der Waals surface area contributed by atoms with E-state index >= 15 is 0 Å². The number of halogens is 1. The number of hydrogen-bond acceptors (Lipinski definition) is 2. The van der Waals surface area contributed by atoms with Crippen molar-refractivity contribution in [1.29, 1.82) is 0 Å². The summed E-state index contributed by atoms with van der Waals surface area (Å²) in [5.41, 5.74) is 0.270. The van der Waals surface area contributed by atoms with Crippen LogP contribution in [0.15, 0.2) is 18.2 Å². The minimum absolute atomic E-state index is 0.0372. The maximum atomic E-state index is 12.4. The van der Waals surface area contributed by atoms with Crippen LogP contribution in [0.1, 0.15) is 43.0 Å². The van der Waals surface area contributed by atoms with Crippen molar-refractivity contribution in [3.63, 3.8) is 0 Å². The number of nitrogens with zero attached hydrogens (tertiary/aromatic N) is 1. The van der Waals surface area contributed by atoms with Gasteiger partial charge in [0.2, 0.25) is 0 Å². The molecule has 1 aliphatic rings. The largest absolute Gasteiger partial charge is 0.478 e. The van der Waals surface area contributed by atoms with E-state index in [2.05, 4.69) is 5.32 Å². The molecule has 0 spiro atoms. The normalized spacial score (nSPS) is 19.0. The number of carbonyl (C=O) groups is 2. The maximum Gasteiger partial charge on any atom is 0.337 e. The lowest BCUT2D eigenvalue weighted by Gasteiger charge is -2.27. The molecule has 2 N–H and O–H groups in total. The molecule has 5 nitrogen and oxygen atoms in total. The van der Waals surface area contributed by atoms with Gasteiger partial charge in [0.1, 0.15) is 0 Å². The smallest absolute Gasteiger partial charge is 0.337 e. The van der Waals surface area contributed by atoms with Crippen LogP contribution in [-0.4, -0.2) is 34.6 Å². The zero-order valence-electron chi connectivity index (χ0n) is 11.9. The Labute approximate surface area is 128 Å². The van der Waals surface area contributed by atoms with E-state index in [1.54, 1.807) is 4.90 Å². The highest BCUT2D eigenvalue weighted by Crippen LogP contribution is 2.23. The average Bonchev–Trinajstić information content (AvgIpc) is 2.63. The second-order valence-corrected chi connectivity index (χ2v) is 5.75. The number of likely N-dealkylation sites (tertiary alicyclic amines) is 1. The lowest BCUT2D eigenvalue weighted by Crippen LogP contribution is -2.41. The Morgan fingerprint density at radius 3 is 2.81 bits per heavy atom. The van der Waals surface area contributed by atoms with Gasteiger partial charge in [-0.2, -0.15) is 0 Å². The van der Waals surface area contributed by atoms with E-state index in [0.717, 1.165) is 25.7 Å². The first-order valence-electron chi connectivity index (χ1n) is 7.09. The number of aromatic carboxylic acids is 1. The van der Waals surface area contributed by atoms with Gasteiger partial charge in [0.25, 0.3) is 0 Å². The fraction of sp³-hybridized carbons (Fsp3) is 0.467. The summed E-state index contributed by atoms with van der Waals surface area (Å²) in [4.78, 5) is 25.4. The van der Waals surface area contributed by atoms with Crippen molar-refractivity contribution in [1.82, 2.24) is 4.90 Å². The molecular formula is C15H19ClN2O3. The van der Waals surface area contributed by atoms with Gasteiger partial charge in [0, 0.05) is 17.6 Å². The molecule has 2 amide bonds. The summed E-state index contributed by atoms with van der Waals surface area (Å²) < 4.78 is 0. The Balaban J connectivity index is 2.18. The van der Waals surface area contributed by atoms with Gasteiger partial charge in [-0.05, 0) is 38.0 Å². The van der Waals surface area contributed by atoms with Crippen molar-refractivity contribution >= 4 is 29.3 Å². The summed E-state index contributed by atoms with van der Waals surface area (Å²) in [7, 11) is 0. The number of hydrogen-bond donors (Lipinski definition) is 2. The van der Waals surface area contributed by atoms with E-state index in [0.29, 0.717) is 11.6 Å². The van der Waals surface area contributed by atoms with E-state index in [1.807, 2.05) is 6.92 Å². The zero-order chi connectivity index (χ0) is 15.4. The monoisotopic (exact) mass is 310 g/mol. The molecule has 0 bridgehead atoms. The van der Waals surface area contributed by atoms with E-state index in [4.69, 9.17) is 16.7 Å². The Bertz CT molecular complexity index is 548. The lowest BCUT2D eigenvalue weighted by atomic mass is 10.1. The fourth-order valence-corrected chi connectivity index (χ4v) is 2.74. The van der Waals surface area contributed by atoms with Gasteiger partial charge in [-0.25, -0.2) is 9.59 Å². The first kappa shape index (κ1) is 15.6. The number of anilines is 1. The van der Waals surface area contributed by atoms with Crippen LogP contribution >= 0.6 is 11.6 Å². The highest BCUT2D eigenvalue weighted by molar-refractivity contribution is 6.31. The summed E-state index contributed by atoms with van der Waals surface area (Å²) in [6, 6.07) is 4.24. The van der Waals surface area contributed by atoms with Gasteiger partial charge in [-0.15, -0.1) is 0 Å². The van der Waals surface area contributed by atoms with E-state index < -0.39 is 5.97 Å². The van der Waals surface area contributed by atoms with Crippen LogP contribution in [0.3, 0.4) is 0 Å². The molecule has 6 heteroatoms. The summed E-state index contributed by atoms with van der Waals surface area (Å²) in [6.45, 7) is 2.71. The van der Waals surface area contributed by atoms with Gasteiger partial charge >= 0.3 is 12.0 Å². The van der Waals surface area contributed by atoms with Crippen molar-refractivity contribution in [3.8, 4) is 0 Å². The van der Waals surface area contributed by atoms with Gasteiger partial charge in [-0.1, -0.05) is 24.4 Å². The van der Waals surface area contributed by atoms with Gasteiger partial charge in [0.15, 0.2) is 0 Å². The molecule has 0 radical (unpaired) electrons. The summed E-state index contributed by atoms with van der Waals surface area (Å²) in [5.74, 6) is -1.09. The third-order valence-electron chi connectivity index (χ3n) is 3.77. The first-order valence-corrected chi connectivity index (χ1v) is 7.47. The molecule has 1 unspecified atom stereocenters. The SMILES string of the molecule is CC1CCCCCN1C(=O)Nc1cc(Cl)ccc1C(=O)O. The minimum Gasteiger partial charge on any atom is -0.478 e. The molecule has 0 aliphatic carbocycles. The molecule has 21 heavy (non-hydrogen) atoms. The lowest BCUT2D eigenvalue weighted by molar-refractivity contribution is 0.0698. The Hall–Kier alpha value is -1.75. The van der Waals surface area contributed by atoms with Gasteiger partial charge in [0.05, 0.1) is 11.3 Å². The molecule has 1 aliphatic heterocycles. The van der Waals surface area contributed by atoms with E-state index in [-0.39, 0.29) is 23.3 Å². The molecule has 114 valence electrons. The fourth-order valence-electron chi connectivity index (χ4n) is 2.57. The summed E-state index contributed by atoms with van der Waals surface area (Å²) >= 11 is 5.89. The van der Waals surface area contributed by atoms with Crippen molar-refractivity contribution < 1.29 is 14.7 Å². The number of benzene rings is 1. The topological polar surface area (TPSA) is 69.6 Å². The minimum atomic E-state index is -1.09. The van der Waals surface area contributed by atoms with E-state index in [9.17, 15) is 9.59 Å². The molecule has 1 heterocycles. The Kier molecular flexibility index (Phi) is 5.07. The second-order valence-electron chi connectivity index (χ2n) is 5.32. The van der Waals surface area contributed by atoms with Crippen LogP contribution < -0.4 is 5.32 Å². The van der Waals surface area contributed by atoms with Crippen molar-refractivity contribution in [2.75, 3.05) is 11.9 Å². The molecule has 0 aromatic heterocycles. The van der Waals surface area contributed by atoms with Crippen LogP contribution in [-0.2, 0) is 0 Å². The Morgan fingerprint density at radius 1 is 1.33 bits per heavy atom. The number of rotatable bonds is 2. The quantitative estimate of drug-likeness (QED) is 0.872. The number of amides is 2. The van der Waals surface area contributed by atoms with Crippen molar-refractivity contribution in [3.05, 3.63) is 28.8 Å². The highest BCUT2D eigenvalue weighted by atomic mass is 35.5. The molecule has 1 saturated heterocycles. The molecule has 1 aromatic carbocycles. The summed E-state index contributed by atoms with van der Waals surface area (Å²) in [5, 5.41) is 12.2. The van der Waals surface area contributed by atoms with Crippen molar-refractivity contribution in [2.24, 2.45) is 0 Å². The van der Waals surface area contributed by atoms with Crippen LogP contribution in [0.4, 0.5) is 10.5 Å². The predicted molar refractivity (Wildman–Crippen MR) is 82.1 cm³/mol. The van der Waals surface area contributed by atoms with Gasteiger partial charge < -0.3 is 15.3 Å². The van der Waals surface area contributed by atoms with E-state index in [1.165, 1.54) is 18.2 Å². The highest BCUT2D eigenvalue weighted by Gasteiger charge is 2.23. The maximum absolute atomic E-state index is 12.4. The molecular weight excluding hydrogens is 292 g/mol. The third-order valence-corrected chi connectivity index (χ3v) is 4.00. The molecule has 0 saturated carbocycles. The number of carbonyl (C=O) groups excluding carboxylic acids is 1. The number of nitrogens with one attached hydrogen (secondary N) is 1. The zero-order valence-corrected chi connectivity index (χ0v) is 12.7. The third kappa shape index (κ3) is 3.88. The number of urea groups is 1. The first-order chi connectivity index (χ1) is 9.99.